The van der Waals surface area contributed by atoms with Crippen LogP contribution in [0, 0.1) is 0 Å². The number of benzene rings is 1. The monoisotopic (exact) mass is 231 g/mol. The molecule has 0 aromatic heterocycles. The van der Waals surface area contributed by atoms with Crippen LogP contribution in [0.1, 0.15) is 51.7 Å². The maximum absolute atomic E-state index is 3.67. The van der Waals surface area contributed by atoms with Gasteiger partial charge in [-0.1, -0.05) is 31.2 Å². The number of fused-ring (bicyclic) bond motifs is 1. The third kappa shape index (κ3) is 2.90. The molecule has 94 valence electrons. The molecular formula is C16H25N. The van der Waals surface area contributed by atoms with Crippen molar-refractivity contribution in [1.29, 1.82) is 0 Å². The predicted molar refractivity (Wildman–Crippen MR) is 74.5 cm³/mol. The molecule has 1 unspecified atom stereocenters. The van der Waals surface area contributed by atoms with Gasteiger partial charge in [0.2, 0.25) is 0 Å². The van der Waals surface area contributed by atoms with Crippen LogP contribution in [-0.4, -0.2) is 12.1 Å². The van der Waals surface area contributed by atoms with E-state index in [4.69, 9.17) is 0 Å². The average molecular weight is 231 g/mol. The zero-order chi connectivity index (χ0) is 12.5. The Balaban J connectivity index is 2.21. The van der Waals surface area contributed by atoms with E-state index in [2.05, 4.69) is 57.3 Å². The van der Waals surface area contributed by atoms with Gasteiger partial charge in [-0.3, -0.25) is 0 Å². The van der Waals surface area contributed by atoms with Crippen LogP contribution in [0.5, 0.6) is 0 Å². The van der Waals surface area contributed by atoms with Crippen LogP contribution in [0.25, 0.3) is 0 Å². The van der Waals surface area contributed by atoms with Gasteiger partial charge in [0.15, 0.2) is 0 Å². The lowest BCUT2D eigenvalue weighted by atomic mass is 9.71. The summed E-state index contributed by atoms with van der Waals surface area (Å²) in [6, 6.07) is 8.96. The first-order valence-electron chi connectivity index (χ1n) is 6.74. The van der Waals surface area contributed by atoms with Gasteiger partial charge in [0.05, 0.1) is 0 Å². The first-order valence-corrected chi connectivity index (χ1v) is 6.74. The van der Waals surface area contributed by atoms with E-state index in [1.807, 2.05) is 0 Å². The highest BCUT2D eigenvalue weighted by molar-refractivity contribution is 5.36. The minimum atomic E-state index is 0.204. The van der Waals surface area contributed by atoms with Crippen molar-refractivity contribution in [2.75, 3.05) is 6.54 Å². The minimum absolute atomic E-state index is 0.204. The summed E-state index contributed by atoms with van der Waals surface area (Å²) in [5.41, 5.74) is 3.62. The highest BCUT2D eigenvalue weighted by Crippen LogP contribution is 2.36. The number of nitrogens with one attached hydrogen (secondary N) is 1. The quantitative estimate of drug-likeness (QED) is 0.819. The largest absolute Gasteiger partial charge is 0.311 e. The van der Waals surface area contributed by atoms with Crippen LogP contribution >= 0.6 is 0 Å². The lowest BCUT2D eigenvalue weighted by molar-refractivity contribution is 0.316. The Morgan fingerprint density at radius 1 is 1.24 bits per heavy atom. The van der Waals surface area contributed by atoms with Crippen LogP contribution < -0.4 is 5.32 Å². The molecule has 0 saturated heterocycles. The maximum atomic E-state index is 3.67. The Labute approximate surface area is 106 Å². The third-order valence-electron chi connectivity index (χ3n) is 3.85. The molecule has 0 radical (unpaired) electrons. The fourth-order valence-electron chi connectivity index (χ4n) is 2.77. The Bertz CT molecular complexity index is 389. The molecule has 17 heavy (non-hydrogen) atoms. The lowest BCUT2D eigenvalue weighted by Gasteiger charge is -2.38. The summed E-state index contributed by atoms with van der Waals surface area (Å²) in [5, 5.41) is 3.67. The fourth-order valence-corrected chi connectivity index (χ4v) is 2.77. The molecule has 0 saturated carbocycles. The highest BCUT2D eigenvalue weighted by atomic mass is 15.0. The summed E-state index contributed by atoms with van der Waals surface area (Å²) < 4.78 is 0. The molecule has 0 fully saturated rings. The second-order valence-corrected chi connectivity index (χ2v) is 6.67. The minimum Gasteiger partial charge on any atom is -0.311 e. The summed E-state index contributed by atoms with van der Waals surface area (Å²) in [6.07, 6.45) is 3.87. The van der Waals surface area contributed by atoms with Gasteiger partial charge in [-0.25, -0.2) is 0 Å². The SMILES string of the molecule is CC(C)(C)NCC1(C)CCCc2ccccc21. The van der Waals surface area contributed by atoms with Crippen LogP contribution in [0.15, 0.2) is 24.3 Å². The molecule has 1 N–H and O–H groups in total. The molecule has 1 aliphatic carbocycles. The van der Waals surface area contributed by atoms with E-state index in [1.54, 1.807) is 11.1 Å². The van der Waals surface area contributed by atoms with Gasteiger partial charge < -0.3 is 5.32 Å². The van der Waals surface area contributed by atoms with Gasteiger partial charge in [0, 0.05) is 17.5 Å². The Hall–Kier alpha value is -0.820. The van der Waals surface area contributed by atoms with Crippen LogP contribution in [0.2, 0.25) is 0 Å². The van der Waals surface area contributed by atoms with Gasteiger partial charge in [0.1, 0.15) is 0 Å². The second-order valence-electron chi connectivity index (χ2n) is 6.67. The number of hydrogen-bond acceptors (Lipinski definition) is 1. The molecule has 0 bridgehead atoms. The number of rotatable bonds is 2. The van der Waals surface area contributed by atoms with Crippen molar-refractivity contribution in [3.8, 4) is 0 Å². The molecule has 0 heterocycles. The zero-order valence-corrected chi connectivity index (χ0v) is 11.6. The molecule has 1 aliphatic rings. The Morgan fingerprint density at radius 3 is 2.65 bits per heavy atom. The summed E-state index contributed by atoms with van der Waals surface area (Å²) in [6.45, 7) is 10.2. The lowest BCUT2D eigenvalue weighted by Crippen LogP contribution is -2.46. The molecule has 0 amide bonds. The summed E-state index contributed by atoms with van der Waals surface area (Å²) in [4.78, 5) is 0. The van der Waals surface area contributed by atoms with E-state index >= 15 is 0 Å². The molecule has 1 heteroatoms. The smallest absolute Gasteiger partial charge is 0.00968 e. The van der Waals surface area contributed by atoms with E-state index in [0.717, 1.165) is 6.54 Å². The molecule has 1 aromatic rings. The van der Waals surface area contributed by atoms with Crippen LogP contribution in [0.3, 0.4) is 0 Å². The van der Waals surface area contributed by atoms with Gasteiger partial charge in [0.25, 0.3) is 0 Å². The van der Waals surface area contributed by atoms with Gasteiger partial charge in [-0.15, -0.1) is 0 Å². The van der Waals surface area contributed by atoms with E-state index < -0.39 is 0 Å². The first-order chi connectivity index (χ1) is 7.91. The van der Waals surface area contributed by atoms with E-state index in [0.29, 0.717) is 5.41 Å². The van der Waals surface area contributed by atoms with Crippen molar-refractivity contribution in [2.24, 2.45) is 0 Å². The van der Waals surface area contributed by atoms with Gasteiger partial charge >= 0.3 is 0 Å². The predicted octanol–water partition coefficient (Wildman–Crippen LogP) is 3.67. The fraction of sp³-hybridized carbons (Fsp3) is 0.625. The maximum Gasteiger partial charge on any atom is 0.00968 e. The third-order valence-corrected chi connectivity index (χ3v) is 3.85. The summed E-state index contributed by atoms with van der Waals surface area (Å²) in [7, 11) is 0. The molecular weight excluding hydrogens is 206 g/mol. The topological polar surface area (TPSA) is 12.0 Å². The van der Waals surface area contributed by atoms with E-state index in [9.17, 15) is 0 Å². The van der Waals surface area contributed by atoms with Crippen molar-refractivity contribution in [2.45, 2.75) is 57.9 Å². The van der Waals surface area contributed by atoms with Crippen molar-refractivity contribution in [1.82, 2.24) is 5.32 Å². The van der Waals surface area contributed by atoms with Crippen molar-refractivity contribution >= 4 is 0 Å². The first kappa shape index (κ1) is 12.6. The molecule has 2 rings (SSSR count). The summed E-state index contributed by atoms with van der Waals surface area (Å²) >= 11 is 0. The highest BCUT2D eigenvalue weighted by Gasteiger charge is 2.32. The Morgan fingerprint density at radius 2 is 1.94 bits per heavy atom. The normalized spacial score (nSPS) is 24.5. The standard InChI is InChI=1S/C16H25N/c1-15(2,3)17-12-16(4)11-7-9-13-8-5-6-10-14(13)16/h5-6,8,10,17H,7,9,11-12H2,1-4H3. The van der Waals surface area contributed by atoms with E-state index in [-0.39, 0.29) is 5.54 Å². The van der Waals surface area contributed by atoms with Crippen molar-refractivity contribution in [3.05, 3.63) is 35.4 Å². The van der Waals surface area contributed by atoms with Crippen LogP contribution in [-0.2, 0) is 11.8 Å². The number of hydrogen-bond donors (Lipinski definition) is 1. The molecule has 1 atom stereocenters. The van der Waals surface area contributed by atoms with Crippen molar-refractivity contribution < 1.29 is 0 Å². The van der Waals surface area contributed by atoms with Gasteiger partial charge in [-0.2, -0.15) is 0 Å². The van der Waals surface area contributed by atoms with Crippen LogP contribution in [0.4, 0.5) is 0 Å². The molecule has 0 aliphatic heterocycles. The van der Waals surface area contributed by atoms with Gasteiger partial charge in [-0.05, 0) is 51.2 Å². The average Bonchev–Trinajstić information content (AvgIpc) is 2.27. The Kier molecular flexibility index (Phi) is 3.31. The molecule has 1 aromatic carbocycles. The zero-order valence-electron chi connectivity index (χ0n) is 11.6. The van der Waals surface area contributed by atoms with E-state index in [1.165, 1.54) is 19.3 Å². The molecule has 1 nitrogen and oxygen atoms in total. The molecule has 0 spiro atoms. The van der Waals surface area contributed by atoms with Crippen molar-refractivity contribution in [3.63, 3.8) is 0 Å². The number of aryl methyl sites for hydroxylation is 1. The summed E-state index contributed by atoms with van der Waals surface area (Å²) in [5.74, 6) is 0. The second kappa shape index (κ2) is 4.45.